The van der Waals surface area contributed by atoms with Gasteiger partial charge in [-0.15, -0.1) is 10.2 Å². The Morgan fingerprint density at radius 1 is 1.42 bits per heavy atom. The van der Waals surface area contributed by atoms with Gasteiger partial charge in [-0.25, -0.2) is 8.42 Å². The molecule has 0 radical (unpaired) electrons. The second-order valence-electron chi connectivity index (χ2n) is 5.65. The molecular weight excluding hydrogens is 370 g/mol. The molecule has 1 unspecified atom stereocenters. The van der Waals surface area contributed by atoms with Crippen molar-refractivity contribution < 1.29 is 13.2 Å². The van der Waals surface area contributed by atoms with Gasteiger partial charge >= 0.3 is 0 Å². The van der Waals surface area contributed by atoms with Gasteiger partial charge in [-0.3, -0.25) is 0 Å². The molecule has 0 amide bonds. The molecular formula is C15H18ClN3O3S2. The van der Waals surface area contributed by atoms with Crippen molar-refractivity contribution in [3.63, 3.8) is 0 Å². The summed E-state index contributed by atoms with van der Waals surface area (Å²) in [6, 6.07) is 7.27. The van der Waals surface area contributed by atoms with Gasteiger partial charge < -0.3 is 9.30 Å². The van der Waals surface area contributed by atoms with Crippen molar-refractivity contribution in [3.05, 3.63) is 35.1 Å². The zero-order chi connectivity index (χ0) is 17.2. The standard InChI is InChI=1S/C15H18ClN3O3S2/c1-19-14(11-5-8-24(20,21)10-11)17-18-15(19)23-7-6-22-13-4-2-3-12(16)9-13/h2-4,9,11H,5-8,10H2,1H3. The highest BCUT2D eigenvalue weighted by molar-refractivity contribution is 7.99. The van der Waals surface area contributed by atoms with Crippen LogP contribution in [-0.4, -0.2) is 47.0 Å². The normalized spacial score (nSPS) is 19.5. The molecule has 0 saturated carbocycles. The Hall–Kier alpha value is -1.25. The lowest BCUT2D eigenvalue weighted by atomic mass is 10.1. The third-order valence-corrected chi connectivity index (χ3v) is 6.83. The van der Waals surface area contributed by atoms with Gasteiger partial charge in [0.2, 0.25) is 0 Å². The molecule has 6 nitrogen and oxygen atoms in total. The number of benzene rings is 1. The smallest absolute Gasteiger partial charge is 0.191 e. The van der Waals surface area contributed by atoms with Crippen molar-refractivity contribution in [2.45, 2.75) is 17.5 Å². The molecule has 1 aromatic heterocycles. The van der Waals surface area contributed by atoms with E-state index in [-0.39, 0.29) is 17.4 Å². The van der Waals surface area contributed by atoms with Crippen LogP contribution in [0.4, 0.5) is 0 Å². The fourth-order valence-corrected chi connectivity index (χ4v) is 5.31. The quantitative estimate of drug-likeness (QED) is 0.560. The lowest BCUT2D eigenvalue weighted by molar-refractivity contribution is 0.344. The van der Waals surface area contributed by atoms with Crippen LogP contribution in [-0.2, 0) is 16.9 Å². The molecule has 24 heavy (non-hydrogen) atoms. The van der Waals surface area contributed by atoms with E-state index in [2.05, 4.69) is 10.2 Å². The van der Waals surface area contributed by atoms with Crippen LogP contribution in [0, 0.1) is 0 Å². The predicted octanol–water partition coefficient (Wildman–Crippen LogP) is 2.54. The Balaban J connectivity index is 1.53. The Bertz CT molecular complexity index is 823. The third kappa shape index (κ3) is 4.23. The molecule has 1 saturated heterocycles. The van der Waals surface area contributed by atoms with Gasteiger partial charge in [-0.2, -0.15) is 0 Å². The molecule has 2 aromatic rings. The number of hydrogen-bond donors (Lipinski definition) is 0. The summed E-state index contributed by atoms with van der Waals surface area (Å²) >= 11 is 7.44. The number of nitrogens with zero attached hydrogens (tertiary/aromatic N) is 3. The summed E-state index contributed by atoms with van der Waals surface area (Å²) < 4.78 is 30.8. The molecule has 130 valence electrons. The van der Waals surface area contributed by atoms with Crippen LogP contribution in [0.15, 0.2) is 29.4 Å². The lowest BCUT2D eigenvalue weighted by Crippen LogP contribution is -2.09. The van der Waals surface area contributed by atoms with Crippen molar-refractivity contribution >= 4 is 33.2 Å². The minimum absolute atomic E-state index is 0.0513. The largest absolute Gasteiger partial charge is 0.493 e. The summed E-state index contributed by atoms with van der Waals surface area (Å²) in [7, 11) is -1.05. The maximum absolute atomic E-state index is 11.6. The van der Waals surface area contributed by atoms with Gasteiger partial charge in [0, 0.05) is 23.7 Å². The van der Waals surface area contributed by atoms with Crippen LogP contribution in [0.3, 0.4) is 0 Å². The summed E-state index contributed by atoms with van der Waals surface area (Å²) in [5, 5.41) is 9.76. The van der Waals surface area contributed by atoms with E-state index in [1.54, 1.807) is 12.1 Å². The van der Waals surface area contributed by atoms with Crippen LogP contribution >= 0.6 is 23.4 Å². The highest BCUT2D eigenvalue weighted by Gasteiger charge is 2.32. The summed E-state index contributed by atoms with van der Waals surface area (Å²) in [6.45, 7) is 0.519. The average molecular weight is 388 g/mol. The van der Waals surface area contributed by atoms with Crippen LogP contribution in [0.5, 0.6) is 5.75 Å². The number of ether oxygens (including phenoxy) is 1. The molecule has 1 atom stereocenters. The molecule has 1 aromatic carbocycles. The topological polar surface area (TPSA) is 74.1 Å². The van der Waals surface area contributed by atoms with Crippen molar-refractivity contribution in [1.82, 2.24) is 14.8 Å². The second-order valence-corrected chi connectivity index (χ2v) is 9.38. The van der Waals surface area contributed by atoms with E-state index in [0.717, 1.165) is 16.7 Å². The number of sulfone groups is 1. The van der Waals surface area contributed by atoms with Crippen LogP contribution in [0.25, 0.3) is 0 Å². The van der Waals surface area contributed by atoms with Gasteiger partial charge in [0.25, 0.3) is 0 Å². The monoisotopic (exact) mass is 387 g/mol. The first-order chi connectivity index (χ1) is 11.4. The van der Waals surface area contributed by atoms with Gasteiger partial charge in [0.05, 0.1) is 18.1 Å². The zero-order valence-electron chi connectivity index (χ0n) is 13.2. The average Bonchev–Trinajstić information content (AvgIpc) is 3.06. The van der Waals surface area contributed by atoms with Crippen molar-refractivity contribution in [2.75, 3.05) is 23.9 Å². The van der Waals surface area contributed by atoms with Crippen molar-refractivity contribution in [2.24, 2.45) is 7.05 Å². The molecule has 3 rings (SSSR count). The molecule has 1 fully saturated rings. The Labute approximate surface area is 150 Å². The van der Waals surface area contributed by atoms with Crippen LogP contribution in [0.2, 0.25) is 5.02 Å². The molecule has 0 spiro atoms. The number of hydrogen-bond acceptors (Lipinski definition) is 6. The summed E-state index contributed by atoms with van der Waals surface area (Å²) in [5.41, 5.74) is 0. The minimum Gasteiger partial charge on any atom is -0.493 e. The highest BCUT2D eigenvalue weighted by atomic mass is 35.5. The number of halogens is 1. The first kappa shape index (κ1) is 17.6. The van der Waals surface area contributed by atoms with E-state index in [4.69, 9.17) is 16.3 Å². The second kappa shape index (κ2) is 7.33. The molecule has 0 N–H and O–H groups in total. The van der Waals surface area contributed by atoms with E-state index >= 15 is 0 Å². The maximum atomic E-state index is 11.6. The van der Waals surface area contributed by atoms with E-state index < -0.39 is 9.84 Å². The predicted molar refractivity (Wildman–Crippen MR) is 94.7 cm³/mol. The molecule has 9 heteroatoms. The van der Waals surface area contributed by atoms with Crippen molar-refractivity contribution in [1.29, 1.82) is 0 Å². The minimum atomic E-state index is -2.92. The molecule has 1 aliphatic rings. The van der Waals surface area contributed by atoms with Crippen molar-refractivity contribution in [3.8, 4) is 5.75 Å². The molecule has 2 heterocycles. The first-order valence-electron chi connectivity index (χ1n) is 7.55. The SMILES string of the molecule is Cn1c(SCCOc2cccc(Cl)c2)nnc1C1CCS(=O)(=O)C1. The Morgan fingerprint density at radius 2 is 2.25 bits per heavy atom. The van der Waals surface area contributed by atoms with E-state index in [1.165, 1.54) is 11.8 Å². The molecule has 1 aliphatic heterocycles. The van der Waals surface area contributed by atoms with Gasteiger partial charge in [0.15, 0.2) is 15.0 Å². The number of aromatic nitrogens is 3. The Morgan fingerprint density at radius 3 is 2.96 bits per heavy atom. The maximum Gasteiger partial charge on any atom is 0.191 e. The van der Waals surface area contributed by atoms with Crippen LogP contribution in [0.1, 0.15) is 18.2 Å². The third-order valence-electron chi connectivity index (χ3n) is 3.85. The van der Waals surface area contributed by atoms with Gasteiger partial charge in [-0.05, 0) is 24.6 Å². The highest BCUT2D eigenvalue weighted by Crippen LogP contribution is 2.29. The summed E-state index contributed by atoms with van der Waals surface area (Å²) in [6.07, 6.45) is 0.622. The van der Waals surface area contributed by atoms with Gasteiger partial charge in [0.1, 0.15) is 11.6 Å². The lowest BCUT2D eigenvalue weighted by Gasteiger charge is -2.08. The molecule has 0 aliphatic carbocycles. The number of rotatable bonds is 6. The molecule has 0 bridgehead atoms. The van der Waals surface area contributed by atoms with E-state index in [1.807, 2.05) is 23.7 Å². The van der Waals surface area contributed by atoms with E-state index in [9.17, 15) is 8.42 Å². The summed E-state index contributed by atoms with van der Waals surface area (Å²) in [4.78, 5) is 0. The fourth-order valence-electron chi connectivity index (χ4n) is 2.66. The number of thioether (sulfide) groups is 1. The fraction of sp³-hybridized carbons (Fsp3) is 0.467. The van der Waals surface area contributed by atoms with E-state index in [0.29, 0.717) is 23.8 Å². The zero-order valence-corrected chi connectivity index (χ0v) is 15.6. The Kier molecular flexibility index (Phi) is 5.36. The first-order valence-corrected chi connectivity index (χ1v) is 10.7. The van der Waals surface area contributed by atoms with Gasteiger partial charge in [-0.1, -0.05) is 29.4 Å². The van der Waals surface area contributed by atoms with Crippen LogP contribution < -0.4 is 4.74 Å². The summed E-state index contributed by atoms with van der Waals surface area (Å²) in [5.74, 6) is 2.54.